The Morgan fingerprint density at radius 1 is 0.419 bits per heavy atom. The topological polar surface area (TPSA) is 46.2 Å². The van der Waals surface area contributed by atoms with Gasteiger partial charge in [-0.25, -0.2) is 0 Å². The van der Waals surface area contributed by atoms with Crippen molar-refractivity contribution in [3.05, 3.63) is 0 Å². The molecule has 2 fully saturated rings. The normalized spacial score (nSPS) is 26.9. The summed E-state index contributed by atoms with van der Waals surface area (Å²) in [6.45, 7) is 3.60. The van der Waals surface area contributed by atoms with Crippen LogP contribution in [0.15, 0.2) is 0 Å². The van der Waals surface area contributed by atoms with E-state index in [0.717, 1.165) is 77.8 Å². The summed E-state index contributed by atoms with van der Waals surface area (Å²) >= 11 is 0. The molecular weight excluding hydrogens is 392 g/mol. The molecule has 2 aliphatic rings. The zero-order valence-corrected chi connectivity index (χ0v) is 20.5. The van der Waals surface area contributed by atoms with Crippen LogP contribution >= 0.6 is 0 Å². The lowest BCUT2D eigenvalue weighted by Crippen LogP contribution is -2.33. The van der Waals surface area contributed by atoms with Gasteiger partial charge in [-0.2, -0.15) is 0 Å². The van der Waals surface area contributed by atoms with E-state index in [0.29, 0.717) is 24.4 Å². The van der Waals surface area contributed by atoms with Gasteiger partial charge in [0.2, 0.25) is 0 Å². The highest BCUT2D eigenvalue weighted by Gasteiger charge is 2.27. The predicted octanol–water partition coefficient (Wildman–Crippen LogP) is 6.07. The third kappa shape index (κ3) is 13.2. The van der Waals surface area contributed by atoms with Crippen molar-refractivity contribution in [2.45, 2.75) is 127 Å². The Morgan fingerprint density at radius 2 is 0.742 bits per heavy atom. The molecule has 0 unspecified atom stereocenters. The first-order valence-electron chi connectivity index (χ1n) is 13.2. The Morgan fingerprint density at radius 3 is 1.10 bits per heavy atom. The van der Waals surface area contributed by atoms with E-state index in [4.69, 9.17) is 23.7 Å². The molecule has 0 atom stereocenters. The van der Waals surface area contributed by atoms with E-state index >= 15 is 0 Å². The first-order chi connectivity index (χ1) is 15.3. The number of unbranched alkanes of at least 4 members (excludes halogenated alkanes) is 6. The number of rotatable bonds is 18. The molecule has 0 saturated heterocycles. The molecule has 0 radical (unpaired) electrons. The second kappa shape index (κ2) is 18.3. The predicted molar refractivity (Wildman–Crippen MR) is 126 cm³/mol. The highest BCUT2D eigenvalue weighted by atomic mass is 16.5. The van der Waals surface area contributed by atoms with Gasteiger partial charge in [-0.3, -0.25) is 0 Å². The smallest absolute Gasteiger partial charge is 0.0580 e. The van der Waals surface area contributed by atoms with Crippen LogP contribution in [0.5, 0.6) is 0 Å². The van der Waals surface area contributed by atoms with Crippen LogP contribution in [-0.4, -0.2) is 65.1 Å². The molecular formula is C26H50O5. The van der Waals surface area contributed by atoms with Crippen molar-refractivity contribution >= 4 is 0 Å². The number of ether oxygens (including phenoxy) is 5. The molecule has 5 nitrogen and oxygen atoms in total. The second-order valence-electron chi connectivity index (χ2n) is 9.49. The van der Waals surface area contributed by atoms with Crippen molar-refractivity contribution in [3.63, 3.8) is 0 Å². The minimum absolute atomic E-state index is 0.448. The zero-order chi connectivity index (χ0) is 22.0. The summed E-state index contributed by atoms with van der Waals surface area (Å²) < 4.78 is 28.9. The van der Waals surface area contributed by atoms with Crippen molar-refractivity contribution in [3.8, 4) is 0 Å². The Kier molecular flexibility index (Phi) is 15.9. The fourth-order valence-corrected chi connectivity index (χ4v) is 4.85. The molecule has 184 valence electrons. The van der Waals surface area contributed by atoms with E-state index in [1.807, 2.05) is 0 Å². The van der Waals surface area contributed by atoms with E-state index < -0.39 is 0 Å². The van der Waals surface area contributed by atoms with Crippen LogP contribution in [0.2, 0.25) is 0 Å². The van der Waals surface area contributed by atoms with Gasteiger partial charge in [0.1, 0.15) is 0 Å². The van der Waals surface area contributed by atoms with Gasteiger partial charge in [-0.05, 0) is 77.0 Å². The maximum Gasteiger partial charge on any atom is 0.0580 e. The number of hydrogen-bond acceptors (Lipinski definition) is 5. The standard InChI is InChI=1S/C26H50O5/c1-27-19-7-3-5-9-21-29-23-11-15-25(16-12-23)31-26-17-13-24(14-18-26)30-22-10-6-4-8-20-28-2/h23-26H,3-22H2,1-2H3. The Balaban J connectivity index is 1.41. The highest BCUT2D eigenvalue weighted by Crippen LogP contribution is 2.29. The summed E-state index contributed by atoms with van der Waals surface area (Å²) in [5, 5.41) is 0. The molecule has 0 heterocycles. The first-order valence-corrected chi connectivity index (χ1v) is 13.2. The van der Waals surface area contributed by atoms with E-state index in [1.54, 1.807) is 14.2 Å². The Bertz CT molecular complexity index is 353. The van der Waals surface area contributed by atoms with Crippen LogP contribution < -0.4 is 0 Å². The van der Waals surface area contributed by atoms with Gasteiger partial charge in [0.25, 0.3) is 0 Å². The minimum Gasteiger partial charge on any atom is -0.385 e. The molecule has 0 amide bonds. The molecule has 31 heavy (non-hydrogen) atoms. The fraction of sp³-hybridized carbons (Fsp3) is 1.00. The highest BCUT2D eigenvalue weighted by molar-refractivity contribution is 4.78. The maximum absolute atomic E-state index is 6.46. The minimum atomic E-state index is 0.448. The molecule has 2 saturated carbocycles. The number of methoxy groups -OCH3 is 2. The van der Waals surface area contributed by atoms with Crippen LogP contribution in [0.1, 0.15) is 103 Å². The SMILES string of the molecule is COCCCCCCOC1CCC(OC2CCC(OCCCCCCOC)CC2)CC1. The third-order valence-corrected chi connectivity index (χ3v) is 6.82. The molecule has 0 N–H and O–H groups in total. The summed E-state index contributed by atoms with van der Waals surface area (Å²) in [6, 6.07) is 0. The molecule has 2 rings (SSSR count). The van der Waals surface area contributed by atoms with Crippen molar-refractivity contribution in [1.82, 2.24) is 0 Å². The van der Waals surface area contributed by atoms with E-state index in [2.05, 4.69) is 0 Å². The first kappa shape index (κ1) is 27.0. The lowest BCUT2D eigenvalue weighted by atomic mass is 9.92. The largest absolute Gasteiger partial charge is 0.385 e. The summed E-state index contributed by atoms with van der Waals surface area (Å²) in [5.41, 5.74) is 0. The number of hydrogen-bond donors (Lipinski definition) is 0. The molecule has 0 aromatic rings. The van der Waals surface area contributed by atoms with Gasteiger partial charge in [-0.15, -0.1) is 0 Å². The van der Waals surface area contributed by atoms with Crippen LogP contribution in [0.3, 0.4) is 0 Å². The molecule has 0 aromatic heterocycles. The molecule has 0 bridgehead atoms. The third-order valence-electron chi connectivity index (χ3n) is 6.82. The van der Waals surface area contributed by atoms with Crippen LogP contribution in [0, 0.1) is 0 Å². The van der Waals surface area contributed by atoms with Gasteiger partial charge >= 0.3 is 0 Å². The quantitative estimate of drug-likeness (QED) is 0.241. The Labute approximate surface area is 191 Å². The summed E-state index contributed by atoms with van der Waals surface area (Å²) in [7, 11) is 3.55. The van der Waals surface area contributed by atoms with Crippen LogP contribution in [0.25, 0.3) is 0 Å². The van der Waals surface area contributed by atoms with Gasteiger partial charge in [0, 0.05) is 40.6 Å². The van der Waals surface area contributed by atoms with Gasteiger partial charge in [0.05, 0.1) is 24.4 Å². The maximum atomic E-state index is 6.46. The summed E-state index contributed by atoms with van der Waals surface area (Å²) in [6.07, 6.45) is 20.8. The van der Waals surface area contributed by atoms with E-state index in [-0.39, 0.29) is 0 Å². The fourth-order valence-electron chi connectivity index (χ4n) is 4.85. The average molecular weight is 443 g/mol. The van der Waals surface area contributed by atoms with Crippen LogP contribution in [-0.2, 0) is 23.7 Å². The van der Waals surface area contributed by atoms with E-state index in [1.165, 1.54) is 51.4 Å². The molecule has 2 aliphatic carbocycles. The average Bonchev–Trinajstić information content (AvgIpc) is 2.80. The molecule has 0 aliphatic heterocycles. The summed E-state index contributed by atoms with van der Waals surface area (Å²) in [5.74, 6) is 0. The van der Waals surface area contributed by atoms with Crippen molar-refractivity contribution in [2.24, 2.45) is 0 Å². The van der Waals surface area contributed by atoms with Gasteiger partial charge in [0.15, 0.2) is 0 Å². The molecule has 5 heteroatoms. The van der Waals surface area contributed by atoms with Crippen molar-refractivity contribution in [2.75, 3.05) is 40.6 Å². The zero-order valence-electron chi connectivity index (χ0n) is 20.5. The lowest BCUT2D eigenvalue weighted by molar-refractivity contribution is -0.0879. The second-order valence-corrected chi connectivity index (χ2v) is 9.49. The summed E-state index contributed by atoms with van der Waals surface area (Å²) in [4.78, 5) is 0. The van der Waals surface area contributed by atoms with Crippen molar-refractivity contribution < 1.29 is 23.7 Å². The molecule has 0 spiro atoms. The van der Waals surface area contributed by atoms with E-state index in [9.17, 15) is 0 Å². The van der Waals surface area contributed by atoms with Gasteiger partial charge < -0.3 is 23.7 Å². The lowest BCUT2D eigenvalue weighted by Gasteiger charge is -2.34. The monoisotopic (exact) mass is 442 g/mol. The van der Waals surface area contributed by atoms with Crippen LogP contribution in [0.4, 0.5) is 0 Å². The van der Waals surface area contributed by atoms with Gasteiger partial charge in [-0.1, -0.05) is 25.7 Å². The molecule has 0 aromatic carbocycles. The Hall–Kier alpha value is -0.200. The van der Waals surface area contributed by atoms with Crippen molar-refractivity contribution in [1.29, 1.82) is 0 Å².